The van der Waals surface area contributed by atoms with Crippen LogP contribution in [0.15, 0.2) is 25.3 Å². The molecule has 0 saturated carbocycles. The molecule has 0 aliphatic heterocycles. The predicted molar refractivity (Wildman–Crippen MR) is 50.8 cm³/mol. The highest BCUT2D eigenvalue weighted by molar-refractivity contribution is 4.66. The molecule has 0 bridgehead atoms. The summed E-state index contributed by atoms with van der Waals surface area (Å²) in [6.07, 6.45) is 6.63. The maximum Gasteiger partial charge on any atom is 0.154 e. The molecule has 0 amide bonds. The van der Waals surface area contributed by atoms with Gasteiger partial charge in [0.25, 0.3) is 0 Å². The average molecular weight is 170 g/mol. The van der Waals surface area contributed by atoms with Crippen molar-refractivity contribution in [2.24, 2.45) is 0 Å². The van der Waals surface area contributed by atoms with Crippen molar-refractivity contribution in [2.75, 3.05) is 6.61 Å². The zero-order valence-electron chi connectivity index (χ0n) is 7.54. The third kappa shape index (κ3) is 7.51. The number of unbranched alkanes of at least 4 members (excludes halogenated alkanes) is 2. The van der Waals surface area contributed by atoms with Crippen molar-refractivity contribution in [3.63, 3.8) is 0 Å². The number of rotatable bonds is 8. The van der Waals surface area contributed by atoms with Crippen LogP contribution < -0.4 is 0 Å². The summed E-state index contributed by atoms with van der Waals surface area (Å²) in [5, 5.41) is 9.18. The van der Waals surface area contributed by atoms with Crippen molar-refractivity contribution in [1.29, 1.82) is 0 Å². The normalized spacial score (nSPS) is 12.4. The highest BCUT2D eigenvalue weighted by atomic mass is 16.6. The van der Waals surface area contributed by atoms with E-state index in [4.69, 9.17) is 4.74 Å². The zero-order chi connectivity index (χ0) is 9.23. The number of allylic oxidation sites excluding steroid dienone is 1. The first-order valence-corrected chi connectivity index (χ1v) is 4.32. The van der Waals surface area contributed by atoms with Crippen LogP contribution >= 0.6 is 0 Å². The van der Waals surface area contributed by atoms with E-state index in [-0.39, 0.29) is 0 Å². The lowest BCUT2D eigenvalue weighted by molar-refractivity contribution is -0.0936. The summed E-state index contributed by atoms with van der Waals surface area (Å²) in [5.41, 5.74) is 0. The van der Waals surface area contributed by atoms with Crippen LogP contribution in [-0.4, -0.2) is 18.0 Å². The molecule has 0 fully saturated rings. The van der Waals surface area contributed by atoms with Gasteiger partial charge in [0.2, 0.25) is 0 Å². The topological polar surface area (TPSA) is 29.5 Å². The van der Waals surface area contributed by atoms with Gasteiger partial charge < -0.3 is 9.84 Å². The van der Waals surface area contributed by atoms with Crippen molar-refractivity contribution in [1.82, 2.24) is 0 Å². The van der Waals surface area contributed by atoms with Gasteiger partial charge in [-0.3, -0.25) is 0 Å². The van der Waals surface area contributed by atoms with Crippen molar-refractivity contribution >= 4 is 0 Å². The Morgan fingerprint density at radius 1 is 1.25 bits per heavy atom. The number of aliphatic hydroxyl groups excluding tert-OH is 1. The molecular formula is C10H18O2. The van der Waals surface area contributed by atoms with E-state index in [1.165, 1.54) is 0 Å². The van der Waals surface area contributed by atoms with Crippen molar-refractivity contribution in [3.05, 3.63) is 25.3 Å². The Morgan fingerprint density at radius 2 is 2.00 bits per heavy atom. The van der Waals surface area contributed by atoms with Crippen LogP contribution in [0.3, 0.4) is 0 Å². The molecule has 1 atom stereocenters. The van der Waals surface area contributed by atoms with E-state index in [1.807, 2.05) is 6.08 Å². The van der Waals surface area contributed by atoms with Gasteiger partial charge in [0.1, 0.15) is 0 Å². The van der Waals surface area contributed by atoms with Gasteiger partial charge in [-0.05, 0) is 25.7 Å². The summed E-state index contributed by atoms with van der Waals surface area (Å²) in [6, 6.07) is 0. The van der Waals surface area contributed by atoms with Crippen LogP contribution in [0.4, 0.5) is 0 Å². The van der Waals surface area contributed by atoms with Gasteiger partial charge in [0.05, 0.1) is 6.61 Å². The van der Waals surface area contributed by atoms with E-state index >= 15 is 0 Å². The fourth-order valence-corrected chi connectivity index (χ4v) is 0.870. The standard InChI is InChI=1S/C10H18O2/c1-3-5-6-7-8-10(11)12-9-4-2/h3-4,10-11H,1-2,5-9H2. The Morgan fingerprint density at radius 3 is 2.58 bits per heavy atom. The highest BCUT2D eigenvalue weighted by Crippen LogP contribution is 2.04. The minimum absolute atomic E-state index is 0.419. The van der Waals surface area contributed by atoms with E-state index in [0.717, 1.165) is 19.3 Å². The average Bonchev–Trinajstić information content (AvgIpc) is 2.09. The molecule has 0 aromatic heterocycles. The third-order valence-electron chi connectivity index (χ3n) is 1.52. The summed E-state index contributed by atoms with van der Waals surface area (Å²) in [4.78, 5) is 0. The number of aliphatic hydroxyl groups is 1. The predicted octanol–water partition coefficient (Wildman–Crippen LogP) is 2.25. The van der Waals surface area contributed by atoms with Crippen molar-refractivity contribution in [2.45, 2.75) is 32.0 Å². The molecule has 1 N–H and O–H groups in total. The monoisotopic (exact) mass is 170 g/mol. The van der Waals surface area contributed by atoms with Crippen molar-refractivity contribution in [3.8, 4) is 0 Å². The van der Waals surface area contributed by atoms with E-state index in [2.05, 4.69) is 13.2 Å². The number of ether oxygens (including phenoxy) is 1. The molecule has 12 heavy (non-hydrogen) atoms. The molecule has 2 heteroatoms. The summed E-state index contributed by atoms with van der Waals surface area (Å²) in [6.45, 7) is 7.53. The van der Waals surface area contributed by atoms with Crippen LogP contribution in [0.5, 0.6) is 0 Å². The van der Waals surface area contributed by atoms with Crippen molar-refractivity contribution < 1.29 is 9.84 Å². The SMILES string of the molecule is C=CCCCCC(O)OCC=C. The number of hydrogen-bond donors (Lipinski definition) is 1. The molecule has 0 aromatic rings. The van der Waals surface area contributed by atoms with E-state index in [1.54, 1.807) is 6.08 Å². The third-order valence-corrected chi connectivity index (χ3v) is 1.52. The van der Waals surface area contributed by atoms with Gasteiger partial charge in [-0.1, -0.05) is 12.2 Å². The maximum absolute atomic E-state index is 9.18. The second-order valence-corrected chi connectivity index (χ2v) is 2.65. The maximum atomic E-state index is 9.18. The Hall–Kier alpha value is -0.600. The zero-order valence-corrected chi connectivity index (χ0v) is 7.54. The van der Waals surface area contributed by atoms with Crippen LogP contribution in [0.1, 0.15) is 25.7 Å². The molecule has 0 aliphatic carbocycles. The van der Waals surface area contributed by atoms with Gasteiger partial charge in [-0.25, -0.2) is 0 Å². The number of hydrogen-bond acceptors (Lipinski definition) is 2. The van der Waals surface area contributed by atoms with E-state index < -0.39 is 6.29 Å². The molecule has 1 unspecified atom stereocenters. The molecule has 0 aliphatic rings. The first kappa shape index (κ1) is 11.4. The Bertz CT molecular complexity index is 121. The summed E-state index contributed by atoms with van der Waals surface area (Å²) in [5.74, 6) is 0. The van der Waals surface area contributed by atoms with E-state index in [0.29, 0.717) is 13.0 Å². The first-order chi connectivity index (χ1) is 5.81. The molecule has 0 rings (SSSR count). The highest BCUT2D eigenvalue weighted by Gasteiger charge is 2.00. The minimum Gasteiger partial charge on any atom is -0.368 e. The lowest BCUT2D eigenvalue weighted by Crippen LogP contribution is -2.11. The molecule has 0 aromatic carbocycles. The molecule has 0 radical (unpaired) electrons. The fourth-order valence-electron chi connectivity index (χ4n) is 0.870. The smallest absolute Gasteiger partial charge is 0.154 e. The molecular weight excluding hydrogens is 152 g/mol. The van der Waals surface area contributed by atoms with Crippen LogP contribution in [0.2, 0.25) is 0 Å². The van der Waals surface area contributed by atoms with Gasteiger partial charge in [-0.2, -0.15) is 0 Å². The summed E-state index contributed by atoms with van der Waals surface area (Å²) in [7, 11) is 0. The van der Waals surface area contributed by atoms with Gasteiger partial charge in [-0.15, -0.1) is 13.2 Å². The Balaban J connectivity index is 3.12. The van der Waals surface area contributed by atoms with Gasteiger partial charge in [0.15, 0.2) is 6.29 Å². The Labute approximate surface area is 74.6 Å². The van der Waals surface area contributed by atoms with Gasteiger partial charge >= 0.3 is 0 Å². The molecule has 0 saturated heterocycles. The quantitative estimate of drug-likeness (QED) is 0.344. The van der Waals surface area contributed by atoms with Crippen LogP contribution in [0, 0.1) is 0 Å². The summed E-state index contributed by atoms with van der Waals surface area (Å²) < 4.78 is 4.98. The lowest BCUT2D eigenvalue weighted by atomic mass is 10.2. The first-order valence-electron chi connectivity index (χ1n) is 4.32. The van der Waals surface area contributed by atoms with Gasteiger partial charge in [0, 0.05) is 0 Å². The van der Waals surface area contributed by atoms with Crippen LogP contribution in [0.25, 0.3) is 0 Å². The fraction of sp³-hybridized carbons (Fsp3) is 0.600. The molecule has 2 nitrogen and oxygen atoms in total. The van der Waals surface area contributed by atoms with E-state index in [9.17, 15) is 5.11 Å². The Kier molecular flexibility index (Phi) is 8.07. The van der Waals surface area contributed by atoms with Crippen LogP contribution in [-0.2, 0) is 4.74 Å². The molecule has 0 heterocycles. The summed E-state index contributed by atoms with van der Waals surface area (Å²) >= 11 is 0. The lowest BCUT2D eigenvalue weighted by Gasteiger charge is -2.09. The second kappa shape index (κ2) is 8.50. The molecule has 0 spiro atoms. The molecule has 70 valence electrons. The second-order valence-electron chi connectivity index (χ2n) is 2.65. The largest absolute Gasteiger partial charge is 0.368 e. The minimum atomic E-state index is -0.632.